The molecule has 1 atom stereocenters. The topological polar surface area (TPSA) is 70.3 Å². The third kappa shape index (κ3) is 3.08. The van der Waals surface area contributed by atoms with Gasteiger partial charge in [-0.2, -0.15) is 5.26 Å². The maximum atomic E-state index is 10.8. The summed E-state index contributed by atoms with van der Waals surface area (Å²) in [6, 6.07) is 1.79. The highest BCUT2D eigenvalue weighted by Gasteiger charge is 2.23. The summed E-state index contributed by atoms with van der Waals surface area (Å²) in [5.74, 6) is -0.439. The summed E-state index contributed by atoms with van der Waals surface area (Å²) in [6.45, 7) is 0. The number of aliphatic hydroxyl groups is 1. The molecule has 0 heterocycles. The summed E-state index contributed by atoms with van der Waals surface area (Å²) in [5.41, 5.74) is -0.650. The largest absolute Gasteiger partial charge is 0.466 e. The maximum absolute atomic E-state index is 10.8. The highest BCUT2D eigenvalue weighted by molar-refractivity contribution is 5.82. The van der Waals surface area contributed by atoms with Gasteiger partial charge < -0.3 is 9.84 Å². The van der Waals surface area contributed by atoms with Crippen molar-refractivity contribution in [2.75, 3.05) is 7.11 Å². The molecule has 0 fully saturated rings. The predicted molar refractivity (Wildman–Crippen MR) is 53.6 cm³/mol. The fourth-order valence-corrected chi connectivity index (χ4v) is 1.08. The lowest BCUT2D eigenvalue weighted by molar-refractivity contribution is -0.134. The van der Waals surface area contributed by atoms with Crippen LogP contribution in [0.4, 0.5) is 0 Å². The van der Waals surface area contributed by atoms with Gasteiger partial charge in [-0.05, 0) is 17.7 Å². The Bertz CT molecular complexity index is 387. The molecule has 4 heteroatoms. The number of nitrogens with zero attached hydrogens (tertiary/aromatic N) is 1. The van der Waals surface area contributed by atoms with E-state index in [1.54, 1.807) is 24.3 Å². The number of allylic oxidation sites excluding steroid dienone is 3. The molecule has 1 aliphatic carbocycles. The second-order valence-corrected chi connectivity index (χ2v) is 3.13. The Morgan fingerprint density at radius 3 is 3.00 bits per heavy atom. The third-order valence-electron chi connectivity index (χ3n) is 2.01. The summed E-state index contributed by atoms with van der Waals surface area (Å²) in [6.07, 6.45) is 7.76. The van der Waals surface area contributed by atoms with Gasteiger partial charge in [0.2, 0.25) is 0 Å². The van der Waals surface area contributed by atoms with Gasteiger partial charge in [-0.15, -0.1) is 0 Å². The van der Waals surface area contributed by atoms with Crippen LogP contribution in [0.2, 0.25) is 0 Å². The molecule has 0 aromatic heterocycles. The number of esters is 1. The van der Waals surface area contributed by atoms with Gasteiger partial charge in [-0.1, -0.05) is 12.2 Å². The second kappa shape index (κ2) is 4.58. The molecule has 78 valence electrons. The minimum atomic E-state index is -1.41. The molecule has 0 saturated carbocycles. The van der Waals surface area contributed by atoms with Crippen LogP contribution in [-0.4, -0.2) is 23.8 Å². The van der Waals surface area contributed by atoms with Crippen molar-refractivity contribution < 1.29 is 14.6 Å². The second-order valence-electron chi connectivity index (χ2n) is 3.13. The number of nitriles is 1. The average molecular weight is 205 g/mol. The molecule has 0 saturated heterocycles. The Hall–Kier alpha value is -1.86. The van der Waals surface area contributed by atoms with E-state index in [-0.39, 0.29) is 6.42 Å². The van der Waals surface area contributed by atoms with Gasteiger partial charge in [0.05, 0.1) is 7.11 Å². The van der Waals surface area contributed by atoms with Crippen LogP contribution in [-0.2, 0) is 9.53 Å². The van der Waals surface area contributed by atoms with Crippen molar-refractivity contribution in [1.29, 1.82) is 5.26 Å². The number of ether oxygens (including phenoxy) is 1. The molecular formula is C11H11NO3. The first-order valence-corrected chi connectivity index (χ1v) is 4.39. The molecule has 1 unspecified atom stereocenters. The Morgan fingerprint density at radius 1 is 1.80 bits per heavy atom. The van der Waals surface area contributed by atoms with Crippen LogP contribution >= 0.6 is 0 Å². The van der Waals surface area contributed by atoms with E-state index in [2.05, 4.69) is 4.74 Å². The third-order valence-corrected chi connectivity index (χ3v) is 2.01. The van der Waals surface area contributed by atoms with E-state index in [1.165, 1.54) is 19.3 Å². The van der Waals surface area contributed by atoms with Gasteiger partial charge in [0.15, 0.2) is 5.60 Å². The number of hydrogen-bond acceptors (Lipinski definition) is 4. The summed E-state index contributed by atoms with van der Waals surface area (Å²) in [5, 5.41) is 18.1. The lowest BCUT2D eigenvalue weighted by atomic mass is 9.93. The average Bonchev–Trinajstić information content (AvgIpc) is 2.28. The monoisotopic (exact) mass is 205 g/mol. The number of carbonyl (C=O) groups is 1. The molecule has 0 aromatic carbocycles. The molecule has 0 amide bonds. The summed E-state index contributed by atoms with van der Waals surface area (Å²) in [4.78, 5) is 10.8. The van der Waals surface area contributed by atoms with E-state index < -0.39 is 11.6 Å². The Balaban J connectivity index is 2.65. The predicted octanol–water partition coefficient (Wildman–Crippen LogP) is 0.857. The molecule has 1 N–H and O–H groups in total. The van der Waals surface area contributed by atoms with E-state index in [1.807, 2.05) is 0 Å². The first-order chi connectivity index (χ1) is 7.09. The van der Waals surface area contributed by atoms with Crippen molar-refractivity contribution in [2.45, 2.75) is 12.0 Å². The standard InChI is InChI=1S/C11H11NO3/c1-15-10(13)3-2-9-4-6-11(14,8-12)7-5-9/h2-6,14H,7H2,1H3. The van der Waals surface area contributed by atoms with E-state index in [4.69, 9.17) is 5.26 Å². The van der Waals surface area contributed by atoms with Crippen LogP contribution in [0.15, 0.2) is 36.0 Å². The fraction of sp³-hybridized carbons (Fsp3) is 0.273. The summed E-state index contributed by atoms with van der Waals surface area (Å²) >= 11 is 0. The van der Waals surface area contributed by atoms with Crippen LogP contribution in [0.3, 0.4) is 0 Å². The van der Waals surface area contributed by atoms with Crippen LogP contribution in [0, 0.1) is 11.3 Å². The normalized spacial score (nSPS) is 24.7. The highest BCUT2D eigenvalue weighted by Crippen LogP contribution is 2.20. The van der Waals surface area contributed by atoms with Crippen LogP contribution in [0.5, 0.6) is 0 Å². The minimum absolute atomic E-state index is 0.223. The zero-order valence-corrected chi connectivity index (χ0v) is 8.30. The van der Waals surface area contributed by atoms with E-state index >= 15 is 0 Å². The van der Waals surface area contributed by atoms with Crippen molar-refractivity contribution in [3.8, 4) is 6.07 Å². The molecule has 1 rings (SSSR count). The van der Waals surface area contributed by atoms with E-state index in [0.29, 0.717) is 0 Å². The SMILES string of the molecule is COC(=O)C=CC1=CCC(O)(C#N)C=C1. The highest BCUT2D eigenvalue weighted by atomic mass is 16.5. The van der Waals surface area contributed by atoms with Crippen LogP contribution in [0.25, 0.3) is 0 Å². The quantitative estimate of drug-likeness (QED) is 0.412. The minimum Gasteiger partial charge on any atom is -0.466 e. The van der Waals surface area contributed by atoms with Crippen molar-refractivity contribution in [2.24, 2.45) is 0 Å². The molecule has 1 aliphatic rings. The van der Waals surface area contributed by atoms with Crippen LogP contribution < -0.4 is 0 Å². The Labute approximate surface area is 87.8 Å². The number of methoxy groups -OCH3 is 1. The first-order valence-electron chi connectivity index (χ1n) is 4.39. The Morgan fingerprint density at radius 2 is 2.53 bits per heavy atom. The van der Waals surface area contributed by atoms with Crippen molar-refractivity contribution in [1.82, 2.24) is 0 Å². The van der Waals surface area contributed by atoms with E-state index in [0.717, 1.165) is 5.57 Å². The molecule has 0 spiro atoms. The molecule has 0 aliphatic heterocycles. The molecule has 15 heavy (non-hydrogen) atoms. The van der Waals surface area contributed by atoms with Crippen molar-refractivity contribution in [3.63, 3.8) is 0 Å². The zero-order valence-electron chi connectivity index (χ0n) is 8.30. The molecule has 0 aromatic rings. The lowest BCUT2D eigenvalue weighted by Gasteiger charge is -2.17. The van der Waals surface area contributed by atoms with Crippen LogP contribution in [0.1, 0.15) is 6.42 Å². The van der Waals surface area contributed by atoms with Gasteiger partial charge in [0.25, 0.3) is 0 Å². The van der Waals surface area contributed by atoms with Crippen molar-refractivity contribution >= 4 is 5.97 Å². The smallest absolute Gasteiger partial charge is 0.330 e. The molecular weight excluding hydrogens is 194 g/mol. The van der Waals surface area contributed by atoms with Gasteiger partial charge in [-0.3, -0.25) is 0 Å². The number of rotatable bonds is 2. The first kappa shape index (κ1) is 11.2. The van der Waals surface area contributed by atoms with E-state index in [9.17, 15) is 9.90 Å². The molecule has 4 nitrogen and oxygen atoms in total. The lowest BCUT2D eigenvalue weighted by Crippen LogP contribution is -2.23. The van der Waals surface area contributed by atoms with Gasteiger partial charge >= 0.3 is 5.97 Å². The number of hydrogen-bond donors (Lipinski definition) is 1. The summed E-state index contributed by atoms with van der Waals surface area (Å²) < 4.78 is 4.42. The Kier molecular flexibility index (Phi) is 3.42. The number of carbonyl (C=O) groups excluding carboxylic acids is 1. The zero-order chi connectivity index (χ0) is 11.3. The molecule has 0 radical (unpaired) electrons. The van der Waals surface area contributed by atoms with Gasteiger partial charge in [0, 0.05) is 12.5 Å². The molecule has 0 bridgehead atoms. The fourth-order valence-electron chi connectivity index (χ4n) is 1.08. The van der Waals surface area contributed by atoms with Gasteiger partial charge in [0.1, 0.15) is 6.07 Å². The van der Waals surface area contributed by atoms with Crippen molar-refractivity contribution in [3.05, 3.63) is 36.0 Å². The maximum Gasteiger partial charge on any atom is 0.330 e. The van der Waals surface area contributed by atoms with Gasteiger partial charge in [-0.25, -0.2) is 4.79 Å². The summed E-state index contributed by atoms with van der Waals surface area (Å²) in [7, 11) is 1.30.